The van der Waals surface area contributed by atoms with Crippen LogP contribution in [0.25, 0.3) is 16.7 Å². The zero-order valence-electron chi connectivity index (χ0n) is 17.1. The molecule has 162 valence electrons. The molecule has 0 bridgehead atoms. The van der Waals surface area contributed by atoms with Gasteiger partial charge in [0, 0.05) is 54.1 Å². The van der Waals surface area contributed by atoms with E-state index in [1.54, 1.807) is 23.0 Å². The van der Waals surface area contributed by atoms with Crippen molar-refractivity contribution in [3.8, 4) is 5.69 Å². The number of rotatable bonds is 4. The number of carboxylic acid groups (broad SMARTS) is 1. The zero-order valence-corrected chi connectivity index (χ0v) is 17.9. The molecular weight excluding hydrogens is 430 g/mol. The first-order valence-corrected chi connectivity index (χ1v) is 10.7. The van der Waals surface area contributed by atoms with Crippen molar-refractivity contribution >= 4 is 28.7 Å². The van der Waals surface area contributed by atoms with Gasteiger partial charge in [-0.3, -0.25) is 14.3 Å². The molecule has 4 heterocycles. The Kier molecular flexibility index (Phi) is 5.19. The Morgan fingerprint density at radius 2 is 2.03 bits per heavy atom. The van der Waals surface area contributed by atoms with Crippen molar-refractivity contribution in [2.24, 2.45) is 0 Å². The van der Waals surface area contributed by atoms with Crippen molar-refractivity contribution in [3.63, 3.8) is 0 Å². The van der Waals surface area contributed by atoms with Gasteiger partial charge in [0.1, 0.15) is 11.3 Å². The molecule has 0 saturated carbocycles. The number of aromatic nitrogens is 2. The Balaban J connectivity index is 1.38. The van der Waals surface area contributed by atoms with Crippen molar-refractivity contribution < 1.29 is 14.3 Å². The maximum Gasteiger partial charge on any atom is 0.407 e. The highest BCUT2D eigenvalue weighted by Gasteiger charge is 2.25. The first-order chi connectivity index (χ1) is 15.5. The lowest BCUT2D eigenvalue weighted by Crippen LogP contribution is -2.34. The lowest BCUT2D eigenvalue weighted by atomic mass is 10.0. The number of pyridine rings is 2. The van der Waals surface area contributed by atoms with Crippen LogP contribution in [0.5, 0.6) is 0 Å². The minimum absolute atomic E-state index is 0.126. The molecule has 1 N–H and O–H groups in total. The summed E-state index contributed by atoms with van der Waals surface area (Å²) < 4.78 is 7.57. The zero-order chi connectivity index (χ0) is 22.2. The molecule has 5 rings (SSSR count). The van der Waals surface area contributed by atoms with Gasteiger partial charge in [0.05, 0.1) is 17.3 Å². The van der Waals surface area contributed by atoms with E-state index in [9.17, 15) is 14.7 Å². The number of hydrogen-bond donors (Lipinski definition) is 1. The summed E-state index contributed by atoms with van der Waals surface area (Å²) in [6.45, 7) is 0.732. The van der Waals surface area contributed by atoms with Gasteiger partial charge in [-0.25, -0.2) is 4.79 Å². The van der Waals surface area contributed by atoms with E-state index in [2.05, 4.69) is 4.98 Å². The molecule has 1 aliphatic heterocycles. The standard InChI is InChI=1S/C24H20ClN3O4/c25-16-2-4-17(26-13-16)3-1-15-7-10-28(23(29)11-15)18-5-6-19-20-14-27(24(30)31)9-8-21(20)32-22(19)12-18/h2,4-7,10-13H,1,3,8-9,14H2,(H,30,31). The third kappa shape index (κ3) is 3.87. The third-order valence-electron chi connectivity index (χ3n) is 5.81. The van der Waals surface area contributed by atoms with Crippen molar-refractivity contribution in [2.45, 2.75) is 25.8 Å². The van der Waals surface area contributed by atoms with E-state index in [0.717, 1.165) is 34.4 Å². The summed E-state index contributed by atoms with van der Waals surface area (Å²) in [5.74, 6) is 0.813. The van der Waals surface area contributed by atoms with Crippen LogP contribution in [-0.2, 0) is 25.8 Å². The lowest BCUT2D eigenvalue weighted by Gasteiger charge is -2.23. The van der Waals surface area contributed by atoms with Crippen LogP contribution in [0.15, 0.2) is 64.1 Å². The summed E-state index contributed by atoms with van der Waals surface area (Å²) in [7, 11) is 0. The van der Waals surface area contributed by atoms with Gasteiger partial charge >= 0.3 is 6.09 Å². The van der Waals surface area contributed by atoms with Crippen molar-refractivity contribution in [1.82, 2.24) is 14.5 Å². The van der Waals surface area contributed by atoms with Crippen molar-refractivity contribution in [2.75, 3.05) is 6.54 Å². The molecule has 32 heavy (non-hydrogen) atoms. The number of nitrogens with zero attached hydrogens (tertiary/aromatic N) is 3. The molecule has 1 aromatic carbocycles. The molecule has 8 heteroatoms. The molecule has 0 aliphatic carbocycles. The van der Waals surface area contributed by atoms with Crippen LogP contribution in [-0.4, -0.2) is 32.2 Å². The molecule has 0 atom stereocenters. The number of aryl methyl sites for hydroxylation is 2. The van der Waals surface area contributed by atoms with Gasteiger partial charge in [0.15, 0.2) is 0 Å². The van der Waals surface area contributed by atoms with E-state index in [4.69, 9.17) is 16.0 Å². The molecule has 0 unspecified atom stereocenters. The summed E-state index contributed by atoms with van der Waals surface area (Å²) in [6, 6.07) is 12.8. The van der Waals surface area contributed by atoms with Gasteiger partial charge in [0.25, 0.3) is 5.56 Å². The van der Waals surface area contributed by atoms with Gasteiger partial charge in [0.2, 0.25) is 0 Å². The second kappa shape index (κ2) is 8.16. The summed E-state index contributed by atoms with van der Waals surface area (Å²) in [5, 5.41) is 10.8. The first-order valence-electron chi connectivity index (χ1n) is 10.3. The maximum absolute atomic E-state index is 12.8. The molecular formula is C24H20ClN3O4. The Bertz CT molecular complexity index is 1370. The van der Waals surface area contributed by atoms with Gasteiger partial charge < -0.3 is 14.4 Å². The number of hydrogen-bond acceptors (Lipinski definition) is 4. The SMILES string of the molecule is O=C(O)N1CCc2oc3cc(-n4ccc(CCc5ccc(Cl)cn5)cc4=O)ccc3c2C1. The lowest BCUT2D eigenvalue weighted by molar-refractivity contribution is 0.138. The maximum atomic E-state index is 12.8. The van der Waals surface area contributed by atoms with E-state index in [1.807, 2.05) is 36.4 Å². The topological polar surface area (TPSA) is 88.6 Å². The molecule has 7 nitrogen and oxygen atoms in total. The predicted octanol–water partition coefficient (Wildman–Crippen LogP) is 4.45. The van der Waals surface area contributed by atoms with E-state index in [1.165, 1.54) is 4.90 Å². The fraction of sp³-hybridized carbons (Fsp3) is 0.208. The summed E-state index contributed by atoms with van der Waals surface area (Å²) in [4.78, 5) is 29.8. The monoisotopic (exact) mass is 449 g/mol. The highest BCUT2D eigenvalue weighted by atomic mass is 35.5. The van der Waals surface area contributed by atoms with Gasteiger partial charge in [-0.1, -0.05) is 11.6 Å². The summed E-state index contributed by atoms with van der Waals surface area (Å²) in [5.41, 5.74) is 4.00. The number of carbonyl (C=O) groups is 1. The van der Waals surface area contributed by atoms with Crippen molar-refractivity contribution in [3.05, 3.63) is 92.8 Å². The fourth-order valence-corrected chi connectivity index (χ4v) is 4.21. The minimum Gasteiger partial charge on any atom is -0.465 e. The van der Waals surface area contributed by atoms with E-state index in [0.29, 0.717) is 42.2 Å². The highest BCUT2D eigenvalue weighted by molar-refractivity contribution is 6.30. The Labute approximate surface area is 188 Å². The molecule has 1 amide bonds. The number of benzene rings is 1. The number of amides is 1. The minimum atomic E-state index is -0.930. The Hall–Kier alpha value is -3.58. The van der Waals surface area contributed by atoms with E-state index in [-0.39, 0.29) is 5.56 Å². The molecule has 4 aromatic rings. The first kappa shape index (κ1) is 20.3. The Morgan fingerprint density at radius 3 is 2.78 bits per heavy atom. The van der Waals surface area contributed by atoms with Crippen LogP contribution in [0.4, 0.5) is 4.79 Å². The molecule has 0 spiro atoms. The number of fused-ring (bicyclic) bond motifs is 3. The van der Waals surface area contributed by atoms with Gasteiger partial charge in [-0.05, 0) is 48.7 Å². The van der Waals surface area contributed by atoms with Gasteiger partial charge in [-0.2, -0.15) is 0 Å². The van der Waals surface area contributed by atoms with Crippen LogP contribution in [0.3, 0.4) is 0 Å². The molecule has 3 aromatic heterocycles. The number of furan rings is 1. The number of halogens is 1. The fourth-order valence-electron chi connectivity index (χ4n) is 4.10. The smallest absolute Gasteiger partial charge is 0.407 e. The average molecular weight is 450 g/mol. The average Bonchev–Trinajstić information content (AvgIpc) is 3.15. The van der Waals surface area contributed by atoms with Crippen LogP contribution in [0.1, 0.15) is 22.6 Å². The van der Waals surface area contributed by atoms with E-state index >= 15 is 0 Å². The second-order valence-electron chi connectivity index (χ2n) is 7.85. The summed E-state index contributed by atoms with van der Waals surface area (Å²) in [6.07, 6.45) is 4.43. The molecule has 0 saturated heterocycles. The van der Waals surface area contributed by atoms with Crippen LogP contribution in [0.2, 0.25) is 5.02 Å². The Morgan fingerprint density at radius 1 is 1.16 bits per heavy atom. The van der Waals surface area contributed by atoms with Crippen LogP contribution >= 0.6 is 11.6 Å². The quantitative estimate of drug-likeness (QED) is 0.497. The molecule has 1 aliphatic rings. The van der Waals surface area contributed by atoms with Crippen LogP contribution < -0.4 is 5.56 Å². The second-order valence-corrected chi connectivity index (χ2v) is 8.29. The largest absolute Gasteiger partial charge is 0.465 e. The highest BCUT2D eigenvalue weighted by Crippen LogP contribution is 2.31. The summed E-state index contributed by atoms with van der Waals surface area (Å²) >= 11 is 5.87. The third-order valence-corrected chi connectivity index (χ3v) is 6.03. The predicted molar refractivity (Wildman–Crippen MR) is 121 cm³/mol. The van der Waals surface area contributed by atoms with E-state index < -0.39 is 6.09 Å². The van der Waals surface area contributed by atoms with Crippen LogP contribution in [0, 0.1) is 0 Å². The van der Waals surface area contributed by atoms with Gasteiger partial charge in [-0.15, -0.1) is 0 Å². The normalized spacial score (nSPS) is 13.3. The molecule has 0 radical (unpaired) electrons. The van der Waals surface area contributed by atoms with Crippen molar-refractivity contribution in [1.29, 1.82) is 0 Å². The molecule has 0 fully saturated rings.